The van der Waals surface area contributed by atoms with Gasteiger partial charge >= 0.3 is 0 Å². The van der Waals surface area contributed by atoms with Gasteiger partial charge in [-0.3, -0.25) is 0 Å². The quantitative estimate of drug-likeness (QED) is 0.402. The Bertz CT molecular complexity index is 822. The molecular formula is C23H31N3S2. The van der Waals surface area contributed by atoms with E-state index in [0.717, 1.165) is 42.1 Å². The second kappa shape index (κ2) is 11.3. The summed E-state index contributed by atoms with van der Waals surface area (Å²) in [5, 5.41) is 3.76. The molecular weight excluding hydrogens is 382 g/mol. The molecule has 1 aromatic rings. The summed E-state index contributed by atoms with van der Waals surface area (Å²) in [5.74, 6) is 0. The van der Waals surface area contributed by atoms with Crippen LogP contribution in [0.1, 0.15) is 58.9 Å². The van der Waals surface area contributed by atoms with Crippen LogP contribution in [0.25, 0.3) is 0 Å². The molecule has 1 aliphatic heterocycles. The van der Waals surface area contributed by atoms with Crippen LogP contribution in [0, 0.1) is 6.92 Å². The van der Waals surface area contributed by atoms with Crippen molar-refractivity contribution >= 4 is 39.4 Å². The average Bonchev–Trinajstić information content (AvgIpc) is 2.70. The van der Waals surface area contributed by atoms with Gasteiger partial charge in [-0.2, -0.15) is 0 Å². The molecule has 0 unspecified atom stereocenters. The van der Waals surface area contributed by atoms with Crippen LogP contribution in [0.3, 0.4) is 0 Å². The zero-order valence-electron chi connectivity index (χ0n) is 17.6. The average molecular weight is 414 g/mol. The first-order valence-electron chi connectivity index (χ1n) is 9.84. The molecule has 150 valence electrons. The van der Waals surface area contributed by atoms with Crippen molar-refractivity contribution < 1.29 is 0 Å². The maximum Gasteiger partial charge on any atom is 0.163 e. The Balaban J connectivity index is 2.35. The molecule has 0 aromatic heterocycles. The third-order valence-corrected chi connectivity index (χ3v) is 6.68. The van der Waals surface area contributed by atoms with Crippen LogP contribution < -0.4 is 5.73 Å². The molecule has 0 aliphatic carbocycles. The number of allylic oxidation sites excluding steroid dienone is 4. The predicted molar refractivity (Wildman–Crippen MR) is 129 cm³/mol. The topological polar surface area (TPSA) is 50.7 Å². The standard InChI is InChI=1S/C23H31N3S2/c1-6-17(5)25-23(24)27-15-19-11-14-21(18(7-2)8-3)28-22(19)26-20-12-9-16(4)10-13-20/h6,9-10,12-13,15H,7-8,11,14H2,1-5H3,(H2,24,25)/b17-6-,19-15+,26-22-. The highest BCUT2D eigenvalue weighted by Gasteiger charge is 2.20. The van der Waals surface area contributed by atoms with Crippen molar-refractivity contribution in [3.8, 4) is 0 Å². The van der Waals surface area contributed by atoms with Gasteiger partial charge in [0.15, 0.2) is 5.17 Å². The van der Waals surface area contributed by atoms with E-state index in [1.54, 1.807) is 0 Å². The lowest BCUT2D eigenvalue weighted by atomic mass is 10.1. The SMILES string of the molecule is C/C=C(C)\N=C(/N)S/C=C1\CCC(=C(CC)CC)S\C1=N/c1ccc(C)cc1. The largest absolute Gasteiger partial charge is 0.378 e. The van der Waals surface area contributed by atoms with Gasteiger partial charge in [-0.1, -0.05) is 66.7 Å². The number of aryl methyl sites for hydroxylation is 1. The zero-order chi connectivity index (χ0) is 20.5. The number of nitrogens with two attached hydrogens (primary N) is 1. The number of hydrogen-bond donors (Lipinski definition) is 1. The molecule has 3 nitrogen and oxygen atoms in total. The van der Waals surface area contributed by atoms with E-state index in [0.29, 0.717) is 5.17 Å². The van der Waals surface area contributed by atoms with Crippen LogP contribution in [0.5, 0.6) is 0 Å². The Kier molecular flexibility index (Phi) is 9.13. The van der Waals surface area contributed by atoms with Crippen molar-refractivity contribution in [1.29, 1.82) is 0 Å². The van der Waals surface area contributed by atoms with Crippen LogP contribution in [0.15, 0.2) is 67.5 Å². The maximum absolute atomic E-state index is 6.07. The van der Waals surface area contributed by atoms with Crippen molar-refractivity contribution in [3.05, 3.63) is 63.1 Å². The summed E-state index contributed by atoms with van der Waals surface area (Å²) >= 11 is 3.30. The predicted octanol–water partition coefficient (Wildman–Crippen LogP) is 7.48. The highest BCUT2D eigenvalue weighted by Crippen LogP contribution is 2.40. The Morgan fingerprint density at radius 3 is 2.46 bits per heavy atom. The maximum atomic E-state index is 6.07. The van der Waals surface area contributed by atoms with Crippen molar-refractivity contribution in [2.24, 2.45) is 15.7 Å². The minimum absolute atomic E-state index is 0.562. The number of benzene rings is 1. The fraction of sp³-hybridized carbons (Fsp3) is 0.391. The van der Waals surface area contributed by atoms with E-state index in [9.17, 15) is 0 Å². The first kappa shape index (κ1) is 22.6. The number of rotatable bonds is 5. The third-order valence-electron chi connectivity index (χ3n) is 4.65. The van der Waals surface area contributed by atoms with E-state index in [1.165, 1.54) is 33.4 Å². The van der Waals surface area contributed by atoms with Crippen LogP contribution in [-0.2, 0) is 0 Å². The van der Waals surface area contributed by atoms with Gasteiger partial charge in [0, 0.05) is 5.70 Å². The first-order chi connectivity index (χ1) is 13.5. The van der Waals surface area contributed by atoms with E-state index < -0.39 is 0 Å². The first-order valence-corrected chi connectivity index (χ1v) is 11.5. The van der Waals surface area contributed by atoms with E-state index in [4.69, 9.17) is 10.7 Å². The van der Waals surface area contributed by atoms with Gasteiger partial charge in [-0.15, -0.1) is 0 Å². The van der Waals surface area contributed by atoms with Gasteiger partial charge in [-0.05, 0) is 74.5 Å². The van der Waals surface area contributed by atoms with E-state index in [1.807, 2.05) is 31.7 Å². The summed E-state index contributed by atoms with van der Waals surface area (Å²) in [6.07, 6.45) is 6.22. The van der Waals surface area contributed by atoms with Crippen LogP contribution in [0.2, 0.25) is 0 Å². The lowest BCUT2D eigenvalue weighted by Crippen LogP contribution is -2.09. The fourth-order valence-corrected chi connectivity index (χ4v) is 4.90. The molecule has 0 amide bonds. The molecule has 0 bridgehead atoms. The van der Waals surface area contributed by atoms with Crippen LogP contribution in [0.4, 0.5) is 5.69 Å². The van der Waals surface area contributed by atoms with Crippen LogP contribution in [-0.4, -0.2) is 10.2 Å². The summed E-state index contributed by atoms with van der Waals surface area (Å²) in [4.78, 5) is 10.8. The van der Waals surface area contributed by atoms with E-state index >= 15 is 0 Å². The number of hydrogen-bond acceptors (Lipinski definition) is 4. The fourth-order valence-electron chi connectivity index (χ4n) is 2.82. The van der Waals surface area contributed by atoms with Gasteiger partial charge in [0.1, 0.15) is 5.04 Å². The molecule has 1 aliphatic rings. The second-order valence-electron chi connectivity index (χ2n) is 6.73. The molecule has 5 heteroatoms. The molecule has 1 saturated heterocycles. The van der Waals surface area contributed by atoms with Gasteiger partial charge in [0.2, 0.25) is 0 Å². The molecule has 0 spiro atoms. The zero-order valence-corrected chi connectivity index (χ0v) is 19.2. The van der Waals surface area contributed by atoms with Gasteiger partial charge in [-0.25, -0.2) is 9.98 Å². The normalized spacial score (nSPS) is 18.8. The molecule has 1 heterocycles. The van der Waals surface area contributed by atoms with E-state index in [-0.39, 0.29) is 0 Å². The summed E-state index contributed by atoms with van der Waals surface area (Å²) in [6, 6.07) is 8.38. The van der Waals surface area contributed by atoms with Gasteiger partial charge in [0.25, 0.3) is 0 Å². The number of aliphatic imine (C=N–C) groups is 2. The Morgan fingerprint density at radius 2 is 1.86 bits per heavy atom. The summed E-state index contributed by atoms with van der Waals surface area (Å²) < 4.78 is 0. The third kappa shape index (κ3) is 6.71. The van der Waals surface area contributed by atoms with E-state index in [2.05, 4.69) is 55.4 Å². The highest BCUT2D eigenvalue weighted by molar-refractivity contribution is 8.18. The molecule has 1 aromatic carbocycles. The van der Waals surface area contributed by atoms with Crippen molar-refractivity contribution in [2.45, 2.75) is 60.3 Å². The highest BCUT2D eigenvalue weighted by atomic mass is 32.2. The molecule has 1 fully saturated rings. The minimum Gasteiger partial charge on any atom is -0.378 e. The smallest absolute Gasteiger partial charge is 0.163 e. The second-order valence-corrected chi connectivity index (χ2v) is 8.70. The molecule has 28 heavy (non-hydrogen) atoms. The number of thioether (sulfide) groups is 2. The molecule has 0 radical (unpaired) electrons. The van der Waals surface area contributed by atoms with Gasteiger partial charge in [0.05, 0.1) is 5.69 Å². The monoisotopic (exact) mass is 413 g/mol. The Morgan fingerprint density at radius 1 is 1.18 bits per heavy atom. The lowest BCUT2D eigenvalue weighted by molar-refractivity contribution is 0.913. The van der Waals surface area contributed by atoms with Crippen molar-refractivity contribution in [2.75, 3.05) is 0 Å². The number of nitrogens with zero attached hydrogens (tertiary/aromatic N) is 2. The number of amidine groups is 1. The minimum atomic E-state index is 0.562. The Labute approximate surface area is 178 Å². The van der Waals surface area contributed by atoms with Crippen LogP contribution >= 0.6 is 23.5 Å². The Hall–Kier alpha value is -1.72. The summed E-state index contributed by atoms with van der Waals surface area (Å²) in [6.45, 7) is 10.5. The molecule has 0 atom stereocenters. The van der Waals surface area contributed by atoms with Gasteiger partial charge < -0.3 is 5.73 Å². The molecule has 0 saturated carbocycles. The van der Waals surface area contributed by atoms with Crippen molar-refractivity contribution in [1.82, 2.24) is 0 Å². The van der Waals surface area contributed by atoms with Crippen molar-refractivity contribution in [3.63, 3.8) is 0 Å². The molecule has 2 N–H and O–H groups in total. The lowest BCUT2D eigenvalue weighted by Gasteiger charge is -2.22. The molecule has 2 rings (SSSR count). The summed E-state index contributed by atoms with van der Waals surface area (Å²) in [7, 11) is 0. The summed E-state index contributed by atoms with van der Waals surface area (Å²) in [5.41, 5.74) is 12.0.